The second-order valence-corrected chi connectivity index (χ2v) is 11.6. The number of carbonyl (C=O) groups excluding carboxylic acids is 1. The van der Waals surface area contributed by atoms with Gasteiger partial charge in [0.1, 0.15) is 5.82 Å². The summed E-state index contributed by atoms with van der Waals surface area (Å²) in [7, 11) is 1.94. The van der Waals surface area contributed by atoms with Crippen molar-refractivity contribution in [3.8, 4) is 0 Å². The van der Waals surface area contributed by atoms with Gasteiger partial charge in [0.15, 0.2) is 0 Å². The third-order valence-corrected chi connectivity index (χ3v) is 10.3. The highest BCUT2D eigenvalue weighted by Gasteiger charge is 2.61. The molecular weight excluding hydrogens is 439 g/mol. The van der Waals surface area contributed by atoms with Gasteiger partial charge in [0.05, 0.1) is 16.6 Å². The maximum absolute atomic E-state index is 13.2. The van der Waals surface area contributed by atoms with E-state index in [2.05, 4.69) is 24.9 Å². The van der Waals surface area contributed by atoms with Crippen molar-refractivity contribution in [3.63, 3.8) is 0 Å². The van der Waals surface area contributed by atoms with E-state index in [1.54, 1.807) is 6.08 Å². The van der Waals surface area contributed by atoms with Gasteiger partial charge in [-0.25, -0.2) is 4.98 Å². The van der Waals surface area contributed by atoms with Crippen LogP contribution < -0.4 is 0 Å². The van der Waals surface area contributed by atoms with Crippen LogP contribution in [0.3, 0.4) is 0 Å². The molecule has 7 atom stereocenters. The van der Waals surface area contributed by atoms with Crippen LogP contribution in [0.2, 0.25) is 0 Å². The third kappa shape index (κ3) is 2.97. The second kappa shape index (κ2) is 7.11. The van der Waals surface area contributed by atoms with Gasteiger partial charge in [0.25, 0.3) is 0 Å². The van der Waals surface area contributed by atoms with Crippen LogP contribution in [0.25, 0.3) is 11.0 Å². The van der Waals surface area contributed by atoms with E-state index in [-0.39, 0.29) is 28.7 Å². The zero-order valence-electron chi connectivity index (χ0n) is 20.0. The molecule has 0 spiro atoms. The summed E-state index contributed by atoms with van der Waals surface area (Å²) in [6.45, 7) is 4.74. The van der Waals surface area contributed by atoms with E-state index < -0.39 is 11.7 Å². The zero-order valence-corrected chi connectivity index (χ0v) is 20.0. The molecule has 1 aromatic heterocycles. The molecule has 1 N–H and O–H groups in total. The predicted molar refractivity (Wildman–Crippen MR) is 124 cm³/mol. The molecule has 7 heteroatoms. The number of aromatic amines is 1. The highest BCUT2D eigenvalue weighted by Crippen LogP contribution is 2.67. The van der Waals surface area contributed by atoms with E-state index in [1.807, 2.05) is 11.9 Å². The number of hydrogen-bond acceptors (Lipinski definition) is 2. The monoisotopic (exact) mass is 471 g/mol. The van der Waals surface area contributed by atoms with Crippen molar-refractivity contribution in [1.82, 2.24) is 14.9 Å². The molecule has 0 radical (unpaired) electrons. The van der Waals surface area contributed by atoms with Crippen molar-refractivity contribution >= 4 is 16.9 Å². The van der Waals surface area contributed by atoms with E-state index in [0.717, 1.165) is 50.4 Å². The maximum Gasteiger partial charge on any atom is 0.416 e. The van der Waals surface area contributed by atoms with E-state index in [0.29, 0.717) is 28.8 Å². The van der Waals surface area contributed by atoms with Crippen molar-refractivity contribution in [2.75, 3.05) is 7.05 Å². The highest BCUT2D eigenvalue weighted by molar-refractivity contribution is 5.89. The molecule has 2 aromatic rings. The molecule has 2 heterocycles. The number of aromatic nitrogens is 2. The first-order valence-corrected chi connectivity index (χ1v) is 12.6. The van der Waals surface area contributed by atoms with Crippen LogP contribution in [0.1, 0.15) is 69.7 Å². The van der Waals surface area contributed by atoms with Gasteiger partial charge < -0.3 is 9.88 Å². The first-order valence-electron chi connectivity index (χ1n) is 12.6. The number of H-pyrrole nitrogens is 1. The Morgan fingerprint density at radius 2 is 1.88 bits per heavy atom. The fraction of sp³-hybridized carbons (Fsp3) is 0.630. The maximum atomic E-state index is 13.2. The Balaban J connectivity index is 1.31. The lowest BCUT2D eigenvalue weighted by atomic mass is 9.47. The lowest BCUT2D eigenvalue weighted by Gasteiger charge is -2.60. The number of alkyl halides is 3. The number of benzene rings is 1. The molecule has 1 aromatic carbocycles. The van der Waals surface area contributed by atoms with Crippen molar-refractivity contribution in [2.45, 2.75) is 70.5 Å². The Morgan fingerprint density at radius 1 is 1.09 bits per heavy atom. The van der Waals surface area contributed by atoms with Crippen molar-refractivity contribution < 1.29 is 18.0 Å². The number of amides is 1. The molecule has 1 amide bonds. The zero-order chi connectivity index (χ0) is 24.0. The summed E-state index contributed by atoms with van der Waals surface area (Å²) < 4.78 is 39.6. The summed E-state index contributed by atoms with van der Waals surface area (Å²) in [5.41, 5.74) is 0.541. The lowest BCUT2D eigenvalue weighted by molar-refractivity contribution is -0.138. The molecule has 34 heavy (non-hydrogen) atoms. The summed E-state index contributed by atoms with van der Waals surface area (Å²) in [4.78, 5) is 22.3. The van der Waals surface area contributed by atoms with Crippen LogP contribution in [0, 0.1) is 28.6 Å². The summed E-state index contributed by atoms with van der Waals surface area (Å²) >= 11 is 0. The minimum absolute atomic E-state index is 0.0123. The Morgan fingerprint density at radius 3 is 2.65 bits per heavy atom. The van der Waals surface area contributed by atoms with Gasteiger partial charge in [-0.1, -0.05) is 19.9 Å². The number of nitrogens with one attached hydrogen (secondary N) is 1. The minimum atomic E-state index is -4.36. The quantitative estimate of drug-likeness (QED) is 0.530. The van der Waals surface area contributed by atoms with Crippen LogP contribution in [-0.2, 0) is 11.0 Å². The molecule has 3 aliphatic carbocycles. The summed E-state index contributed by atoms with van der Waals surface area (Å²) in [5, 5.41) is 0. The number of hydrogen-bond donors (Lipinski definition) is 1. The number of rotatable bonds is 1. The standard InChI is InChI=1S/C27H32F3N3O/c1-25-12-10-18-16(5-9-22-26(18,2)13-11-23(34)33(22)3)17(25)6-7-19(25)24-31-20-8-4-15(27(28,29)30)14-21(20)32-24/h4,8,11,13-14,16-19,22H,5-7,9-10,12H2,1-3H3,(H,31,32)/t16?,17-,18?,19+,22+,25-,26+/m0/s1. The topological polar surface area (TPSA) is 49.0 Å². The molecule has 182 valence electrons. The molecule has 3 saturated carbocycles. The molecule has 3 fully saturated rings. The summed E-state index contributed by atoms with van der Waals surface area (Å²) in [5.74, 6) is 2.93. The molecular formula is C27H32F3N3O. The van der Waals surface area contributed by atoms with Gasteiger partial charge in [0.2, 0.25) is 5.91 Å². The molecule has 0 saturated heterocycles. The molecule has 4 aliphatic rings. The average molecular weight is 472 g/mol. The number of fused-ring (bicyclic) bond motifs is 6. The fourth-order valence-corrected chi connectivity index (χ4v) is 8.56. The highest BCUT2D eigenvalue weighted by atomic mass is 19.4. The van der Waals surface area contributed by atoms with Gasteiger partial charge in [-0.2, -0.15) is 13.2 Å². The van der Waals surface area contributed by atoms with Crippen LogP contribution >= 0.6 is 0 Å². The number of halogens is 3. The number of nitrogens with zero attached hydrogens (tertiary/aromatic N) is 2. The minimum Gasteiger partial charge on any atom is -0.342 e. The van der Waals surface area contributed by atoms with Crippen LogP contribution in [0.4, 0.5) is 13.2 Å². The van der Waals surface area contributed by atoms with Crippen LogP contribution in [0.15, 0.2) is 30.4 Å². The predicted octanol–water partition coefficient (Wildman–Crippen LogP) is 6.30. The van der Waals surface area contributed by atoms with Crippen LogP contribution in [0.5, 0.6) is 0 Å². The summed E-state index contributed by atoms with van der Waals surface area (Å²) in [6.07, 6.45) is 6.14. The molecule has 2 unspecified atom stereocenters. The second-order valence-electron chi connectivity index (χ2n) is 11.6. The van der Waals surface area contributed by atoms with Gasteiger partial charge in [-0.05, 0) is 86.0 Å². The van der Waals surface area contributed by atoms with Gasteiger partial charge >= 0.3 is 6.18 Å². The van der Waals surface area contributed by atoms with Gasteiger partial charge in [-0.15, -0.1) is 0 Å². The van der Waals surface area contributed by atoms with Crippen molar-refractivity contribution in [2.24, 2.45) is 28.6 Å². The van der Waals surface area contributed by atoms with E-state index in [4.69, 9.17) is 4.98 Å². The molecule has 1 aliphatic heterocycles. The first kappa shape index (κ1) is 22.2. The van der Waals surface area contributed by atoms with Crippen LogP contribution in [-0.4, -0.2) is 33.9 Å². The first-order chi connectivity index (χ1) is 16.0. The Labute approximate surface area is 198 Å². The van der Waals surface area contributed by atoms with Crippen molar-refractivity contribution in [1.29, 1.82) is 0 Å². The molecule has 6 rings (SSSR count). The lowest BCUT2D eigenvalue weighted by Crippen LogP contribution is -2.59. The Bertz CT molecular complexity index is 1190. The molecule has 0 bridgehead atoms. The van der Waals surface area contributed by atoms with E-state index in [1.165, 1.54) is 12.1 Å². The number of imidazole rings is 1. The smallest absolute Gasteiger partial charge is 0.342 e. The number of carbonyl (C=O) groups is 1. The fourth-order valence-electron chi connectivity index (χ4n) is 8.56. The van der Waals surface area contributed by atoms with Gasteiger partial charge in [0, 0.05) is 24.4 Å². The molecule has 4 nitrogen and oxygen atoms in total. The number of likely N-dealkylation sites (N-methyl/N-ethyl adjacent to an activating group) is 1. The van der Waals surface area contributed by atoms with E-state index in [9.17, 15) is 18.0 Å². The third-order valence-electron chi connectivity index (χ3n) is 10.3. The normalized spacial score (nSPS) is 39.8. The largest absolute Gasteiger partial charge is 0.416 e. The van der Waals surface area contributed by atoms with E-state index >= 15 is 0 Å². The Kier molecular flexibility index (Phi) is 4.64. The average Bonchev–Trinajstić information content (AvgIpc) is 3.35. The SMILES string of the molecule is CN1C(=O)C=C[C@]2(C)C3CC[C@]4(C)[C@@H](c5nc6ccc(C(F)(F)F)cc6[nH]5)CC[C@H]4C3CC[C@@H]12. The summed E-state index contributed by atoms with van der Waals surface area (Å²) in [6, 6.07) is 4.06. The Hall–Kier alpha value is -2.31. The van der Waals surface area contributed by atoms with Gasteiger partial charge in [-0.3, -0.25) is 4.79 Å². The van der Waals surface area contributed by atoms with Crippen molar-refractivity contribution in [3.05, 3.63) is 41.7 Å².